The molecule has 0 atom stereocenters. The fraction of sp³-hybridized carbons (Fsp3) is 0.417. The maximum absolute atomic E-state index is 11.1. The second kappa shape index (κ2) is 8.89. The molecular formula is C12H16BrO2Zn. The summed E-state index contributed by atoms with van der Waals surface area (Å²) in [5.74, 6) is -0.0846. The van der Waals surface area contributed by atoms with Crippen LogP contribution in [-0.2, 0) is 34.3 Å². The summed E-state index contributed by atoms with van der Waals surface area (Å²) < 4.78 is 6.26. The predicted octanol–water partition coefficient (Wildman–Crippen LogP) is 2.32. The molecule has 0 aliphatic heterocycles. The Morgan fingerprint density at radius 1 is 1.44 bits per heavy atom. The van der Waals surface area contributed by atoms with E-state index in [4.69, 9.17) is 4.74 Å². The van der Waals surface area contributed by atoms with Crippen molar-refractivity contribution in [3.8, 4) is 0 Å². The van der Waals surface area contributed by atoms with Crippen molar-refractivity contribution in [1.29, 1.82) is 0 Å². The number of ether oxygens (including phenoxy) is 1. The van der Waals surface area contributed by atoms with Gasteiger partial charge in [-0.25, -0.2) is 0 Å². The molecule has 0 saturated carbocycles. The molecule has 1 aromatic rings. The molecule has 0 fully saturated rings. The first kappa shape index (κ1) is 15.8. The molecule has 2 nitrogen and oxygen atoms in total. The van der Waals surface area contributed by atoms with Crippen molar-refractivity contribution in [2.75, 3.05) is 6.61 Å². The van der Waals surface area contributed by atoms with Crippen molar-refractivity contribution in [2.45, 2.75) is 26.2 Å². The van der Waals surface area contributed by atoms with Gasteiger partial charge in [0.2, 0.25) is 0 Å². The third-order valence-corrected chi connectivity index (χ3v) is 3.07. The SMILES string of the molecule is Br.CCOC(=O)CCCc1ccc[c]([Zn])c1. The second-order valence-corrected chi connectivity index (χ2v) is 5.19. The van der Waals surface area contributed by atoms with E-state index in [1.165, 1.54) is 28.0 Å². The van der Waals surface area contributed by atoms with Crippen LogP contribution in [0.4, 0.5) is 0 Å². The number of esters is 1. The molecule has 4 heteroatoms. The first-order valence-corrected chi connectivity index (χ1v) is 6.77. The standard InChI is InChI=1S/C12H15O2.BrH.Zn/c1-2-14-12(13)10-6-9-11-7-4-3-5-8-11;;/h3-4,7-8H,2,6,9-10H2,1H3;1H;. The Morgan fingerprint density at radius 2 is 2.19 bits per heavy atom. The molecule has 1 aromatic carbocycles. The molecule has 0 unspecified atom stereocenters. The van der Waals surface area contributed by atoms with Crippen LogP contribution < -0.4 is 4.16 Å². The van der Waals surface area contributed by atoms with Crippen molar-refractivity contribution in [2.24, 2.45) is 0 Å². The number of benzene rings is 1. The van der Waals surface area contributed by atoms with Gasteiger partial charge in [-0.2, -0.15) is 0 Å². The number of carbonyl (C=O) groups excluding carboxylic acids is 1. The molecule has 1 rings (SSSR count). The molecule has 0 saturated heterocycles. The van der Waals surface area contributed by atoms with Gasteiger partial charge in [-0.05, 0) is 0 Å². The summed E-state index contributed by atoms with van der Waals surface area (Å²) in [6.45, 7) is 2.32. The average molecular weight is 338 g/mol. The van der Waals surface area contributed by atoms with Gasteiger partial charge in [0.15, 0.2) is 0 Å². The van der Waals surface area contributed by atoms with Crippen molar-refractivity contribution >= 4 is 27.1 Å². The molecule has 0 amide bonds. The zero-order valence-electron chi connectivity index (χ0n) is 9.57. The Hall–Kier alpha value is -0.207. The van der Waals surface area contributed by atoms with E-state index in [9.17, 15) is 4.79 Å². The summed E-state index contributed by atoms with van der Waals surface area (Å²) in [5, 5.41) is 0. The Kier molecular flexibility index (Phi) is 8.77. The molecule has 0 aromatic heterocycles. The van der Waals surface area contributed by atoms with E-state index in [0.29, 0.717) is 13.0 Å². The molecular weight excluding hydrogens is 321 g/mol. The van der Waals surface area contributed by atoms with Crippen LogP contribution in [0.3, 0.4) is 0 Å². The molecule has 0 spiro atoms. The van der Waals surface area contributed by atoms with Gasteiger partial charge < -0.3 is 0 Å². The monoisotopic (exact) mass is 335 g/mol. The number of halogens is 1. The van der Waals surface area contributed by atoms with Crippen LogP contribution in [0.1, 0.15) is 25.3 Å². The third-order valence-electron chi connectivity index (χ3n) is 2.14. The maximum atomic E-state index is 11.1. The zero-order chi connectivity index (χ0) is 11.1. The van der Waals surface area contributed by atoms with Gasteiger partial charge in [0.25, 0.3) is 0 Å². The summed E-state index contributed by atoms with van der Waals surface area (Å²) >= 11 is 1.19. The van der Waals surface area contributed by atoms with E-state index in [-0.39, 0.29) is 23.0 Å². The minimum absolute atomic E-state index is 0. The average Bonchev–Trinajstić information content (AvgIpc) is 2.18. The number of rotatable bonds is 5. The van der Waals surface area contributed by atoms with Crippen molar-refractivity contribution < 1.29 is 27.8 Å². The fourth-order valence-corrected chi connectivity index (χ4v) is 2.29. The Morgan fingerprint density at radius 3 is 2.81 bits per heavy atom. The molecule has 0 aliphatic carbocycles. The van der Waals surface area contributed by atoms with Gasteiger partial charge in [0.05, 0.1) is 0 Å². The van der Waals surface area contributed by atoms with E-state index in [1.54, 1.807) is 0 Å². The van der Waals surface area contributed by atoms with Crippen LogP contribution in [-0.4, -0.2) is 12.6 Å². The zero-order valence-corrected chi connectivity index (χ0v) is 14.2. The Bertz CT molecular complexity index is 329. The number of hydrogen-bond acceptors (Lipinski definition) is 2. The van der Waals surface area contributed by atoms with Gasteiger partial charge in [-0.1, -0.05) is 0 Å². The topological polar surface area (TPSA) is 26.3 Å². The van der Waals surface area contributed by atoms with E-state index in [1.807, 2.05) is 6.92 Å². The van der Waals surface area contributed by atoms with Crippen LogP contribution in [0.15, 0.2) is 24.3 Å². The van der Waals surface area contributed by atoms with Crippen LogP contribution >= 0.6 is 17.0 Å². The van der Waals surface area contributed by atoms with Crippen molar-refractivity contribution in [3.63, 3.8) is 0 Å². The van der Waals surface area contributed by atoms with E-state index >= 15 is 0 Å². The van der Waals surface area contributed by atoms with Crippen molar-refractivity contribution in [3.05, 3.63) is 29.8 Å². The predicted molar refractivity (Wildman–Crippen MR) is 66.0 cm³/mol. The fourth-order valence-electron chi connectivity index (χ4n) is 1.46. The number of aryl methyl sites for hydroxylation is 1. The molecule has 0 bridgehead atoms. The number of hydrogen-bond donors (Lipinski definition) is 0. The first-order chi connectivity index (χ1) is 7.22. The minimum atomic E-state index is -0.0846. The van der Waals surface area contributed by atoms with Crippen LogP contribution in [0.5, 0.6) is 0 Å². The molecule has 85 valence electrons. The number of carbonyl (C=O) groups is 1. The normalized spacial score (nSPS) is 9.44. The summed E-state index contributed by atoms with van der Waals surface area (Å²) in [7, 11) is 0. The quantitative estimate of drug-likeness (QED) is 0.609. The van der Waals surface area contributed by atoms with Gasteiger partial charge >= 0.3 is 101 Å². The Balaban J connectivity index is 0.00000225. The molecule has 0 aliphatic rings. The van der Waals surface area contributed by atoms with Gasteiger partial charge in [0.1, 0.15) is 0 Å². The van der Waals surface area contributed by atoms with Gasteiger partial charge in [0, 0.05) is 0 Å². The summed E-state index contributed by atoms with van der Waals surface area (Å²) in [6.07, 6.45) is 2.37. The van der Waals surface area contributed by atoms with E-state index in [0.717, 1.165) is 12.8 Å². The summed E-state index contributed by atoms with van der Waals surface area (Å²) in [6, 6.07) is 8.54. The first-order valence-electron chi connectivity index (χ1n) is 5.29. The van der Waals surface area contributed by atoms with E-state index < -0.39 is 0 Å². The second-order valence-electron chi connectivity index (χ2n) is 3.48. The third kappa shape index (κ3) is 6.39. The van der Waals surface area contributed by atoms with Crippen molar-refractivity contribution in [1.82, 2.24) is 0 Å². The van der Waals surface area contributed by atoms with E-state index in [2.05, 4.69) is 24.3 Å². The van der Waals surface area contributed by atoms with Crippen LogP contribution in [0.2, 0.25) is 0 Å². The van der Waals surface area contributed by atoms with Crippen LogP contribution in [0, 0.1) is 0 Å². The summed E-state index contributed by atoms with van der Waals surface area (Å²) in [5.41, 5.74) is 1.32. The van der Waals surface area contributed by atoms with Crippen LogP contribution in [0.25, 0.3) is 0 Å². The Labute approximate surface area is 117 Å². The molecule has 0 N–H and O–H groups in total. The molecule has 0 radical (unpaired) electrons. The summed E-state index contributed by atoms with van der Waals surface area (Å²) in [4.78, 5) is 11.1. The molecule has 0 heterocycles. The van der Waals surface area contributed by atoms with Gasteiger partial charge in [-0.3, -0.25) is 0 Å². The van der Waals surface area contributed by atoms with Gasteiger partial charge in [-0.15, -0.1) is 17.0 Å². The molecule has 16 heavy (non-hydrogen) atoms.